The van der Waals surface area contributed by atoms with Crippen molar-refractivity contribution < 1.29 is 18.6 Å². The molecule has 3 aromatic heterocycles. The Labute approximate surface area is 184 Å². The Bertz CT molecular complexity index is 1180. The highest BCUT2D eigenvalue weighted by atomic mass is 16.5. The van der Waals surface area contributed by atoms with Crippen molar-refractivity contribution in [2.45, 2.75) is 24.9 Å². The fourth-order valence-corrected chi connectivity index (χ4v) is 4.44. The molecule has 2 aliphatic rings. The maximum Gasteiger partial charge on any atom is 0.247 e. The Balaban J connectivity index is 1.08. The van der Waals surface area contributed by atoms with Crippen molar-refractivity contribution in [2.75, 3.05) is 26.4 Å². The highest BCUT2D eigenvalue weighted by Gasteiger charge is 2.41. The average molecular weight is 433 g/mol. The van der Waals surface area contributed by atoms with Crippen LogP contribution in [-0.2, 0) is 4.74 Å². The summed E-state index contributed by atoms with van der Waals surface area (Å²) in [7, 11) is 0. The molecule has 2 unspecified atom stereocenters. The Morgan fingerprint density at radius 3 is 2.69 bits per heavy atom. The van der Waals surface area contributed by atoms with Gasteiger partial charge in [0.15, 0.2) is 0 Å². The molecule has 164 valence electrons. The molecule has 2 saturated heterocycles. The van der Waals surface area contributed by atoms with Crippen LogP contribution in [0, 0.1) is 0 Å². The van der Waals surface area contributed by atoms with Gasteiger partial charge in [-0.15, -0.1) is 10.2 Å². The van der Waals surface area contributed by atoms with Crippen molar-refractivity contribution in [3.05, 3.63) is 55.3 Å². The topological polar surface area (TPSA) is 87.2 Å². The van der Waals surface area contributed by atoms with Gasteiger partial charge >= 0.3 is 0 Å². The van der Waals surface area contributed by atoms with Crippen molar-refractivity contribution in [2.24, 2.45) is 0 Å². The predicted molar refractivity (Wildman–Crippen MR) is 115 cm³/mol. The minimum atomic E-state index is 0.427. The van der Waals surface area contributed by atoms with Crippen LogP contribution < -0.4 is 9.47 Å². The third-order valence-corrected chi connectivity index (χ3v) is 6.07. The van der Waals surface area contributed by atoms with Gasteiger partial charge in [-0.2, -0.15) is 0 Å². The van der Waals surface area contributed by atoms with Gasteiger partial charge in [0, 0.05) is 30.3 Å². The van der Waals surface area contributed by atoms with E-state index in [1.54, 1.807) is 12.5 Å². The molecule has 1 aromatic carbocycles. The first-order valence-corrected chi connectivity index (χ1v) is 10.8. The summed E-state index contributed by atoms with van der Waals surface area (Å²) in [5.74, 6) is 2.56. The third kappa shape index (κ3) is 3.69. The number of fused-ring (bicyclic) bond motifs is 3. The van der Waals surface area contributed by atoms with E-state index in [4.69, 9.17) is 18.6 Å². The number of hydrogen-bond acceptors (Lipinski definition) is 8. The Hall–Kier alpha value is -3.43. The van der Waals surface area contributed by atoms with Crippen molar-refractivity contribution in [3.63, 3.8) is 0 Å². The minimum Gasteiger partial charge on any atom is -0.494 e. The van der Waals surface area contributed by atoms with E-state index in [2.05, 4.69) is 20.1 Å². The van der Waals surface area contributed by atoms with Crippen LogP contribution in [0.3, 0.4) is 0 Å². The van der Waals surface area contributed by atoms with Crippen LogP contribution in [0.15, 0.2) is 59.7 Å². The van der Waals surface area contributed by atoms with Gasteiger partial charge in [-0.05, 0) is 43.2 Å². The summed E-state index contributed by atoms with van der Waals surface area (Å²) in [6.45, 7) is 3.51. The standard InChI is InChI=1S/C23H23N5O4/c1(6-27-18-10-19(27)13-29-12-18)7-30-20-2-4-21(5-3-20)32-22-9-16(23-26-25-15-31-23)8-17-11-24-14-28(17)22/h2-5,8-9,11,14-15,18-19H,1,6-7,10,12-13H2. The first kappa shape index (κ1) is 19.3. The summed E-state index contributed by atoms with van der Waals surface area (Å²) in [6, 6.07) is 12.6. The van der Waals surface area contributed by atoms with Crippen molar-refractivity contribution >= 4 is 5.52 Å². The van der Waals surface area contributed by atoms with E-state index in [0.717, 1.165) is 43.0 Å². The average Bonchev–Trinajstić information content (AvgIpc) is 3.53. The van der Waals surface area contributed by atoms with Gasteiger partial charge in [0.05, 0.1) is 31.5 Å². The maximum atomic E-state index is 6.12. The quantitative estimate of drug-likeness (QED) is 0.391. The van der Waals surface area contributed by atoms with E-state index in [0.29, 0.717) is 36.2 Å². The molecule has 0 amide bonds. The molecule has 5 heterocycles. The van der Waals surface area contributed by atoms with E-state index in [1.807, 2.05) is 40.8 Å². The highest BCUT2D eigenvalue weighted by molar-refractivity contribution is 5.64. The van der Waals surface area contributed by atoms with Crippen LogP contribution in [-0.4, -0.2) is 62.9 Å². The van der Waals surface area contributed by atoms with Gasteiger partial charge in [-0.1, -0.05) is 0 Å². The highest BCUT2D eigenvalue weighted by Crippen LogP contribution is 2.31. The number of morpholine rings is 1. The number of hydrogen-bond donors (Lipinski definition) is 0. The molecule has 0 aliphatic carbocycles. The summed E-state index contributed by atoms with van der Waals surface area (Å²) in [5, 5.41) is 7.73. The molecule has 6 rings (SSSR count). The monoisotopic (exact) mass is 433 g/mol. The second kappa shape index (κ2) is 8.25. The van der Waals surface area contributed by atoms with Crippen LogP contribution in [0.2, 0.25) is 0 Å². The van der Waals surface area contributed by atoms with Crippen molar-refractivity contribution in [1.29, 1.82) is 0 Å². The van der Waals surface area contributed by atoms with Crippen LogP contribution in [0.25, 0.3) is 17.0 Å². The fourth-order valence-electron chi connectivity index (χ4n) is 4.44. The zero-order valence-electron chi connectivity index (χ0n) is 17.5. The first-order valence-electron chi connectivity index (χ1n) is 10.8. The summed E-state index contributed by atoms with van der Waals surface area (Å²) < 4.78 is 24.8. The lowest BCUT2D eigenvalue weighted by Gasteiger charge is -2.52. The normalized spacial score (nSPS) is 20.2. The zero-order chi connectivity index (χ0) is 21.3. The summed E-state index contributed by atoms with van der Waals surface area (Å²) >= 11 is 0. The lowest BCUT2D eigenvalue weighted by atomic mass is 9.91. The number of nitrogens with zero attached hydrogens (tertiary/aromatic N) is 5. The number of imidazole rings is 1. The molecule has 32 heavy (non-hydrogen) atoms. The van der Waals surface area contributed by atoms with Crippen LogP contribution in [0.5, 0.6) is 17.4 Å². The number of rotatable bonds is 8. The summed E-state index contributed by atoms with van der Waals surface area (Å²) in [5.41, 5.74) is 1.64. The van der Waals surface area contributed by atoms with Crippen LogP contribution in [0.4, 0.5) is 0 Å². The SMILES string of the molecule is c1nnc(-c2cc(Oc3ccc(OCCCN4C5COCC4C5)cc3)n3cncc3c2)o1. The van der Waals surface area contributed by atoms with Gasteiger partial charge < -0.3 is 18.6 Å². The molecule has 2 fully saturated rings. The number of pyridine rings is 1. The molecule has 2 atom stereocenters. The van der Waals surface area contributed by atoms with Gasteiger partial charge in [0.1, 0.15) is 17.8 Å². The fraction of sp³-hybridized carbons (Fsp3) is 0.348. The third-order valence-electron chi connectivity index (χ3n) is 6.07. The van der Waals surface area contributed by atoms with Gasteiger partial charge in [0.25, 0.3) is 0 Å². The lowest BCUT2D eigenvalue weighted by molar-refractivity contribution is -0.127. The second-order valence-electron chi connectivity index (χ2n) is 8.11. The Morgan fingerprint density at radius 1 is 1.06 bits per heavy atom. The molecule has 9 heteroatoms. The largest absolute Gasteiger partial charge is 0.494 e. The molecule has 4 aromatic rings. The van der Waals surface area contributed by atoms with Crippen molar-refractivity contribution in [1.82, 2.24) is 24.5 Å². The van der Waals surface area contributed by atoms with Crippen molar-refractivity contribution in [3.8, 4) is 28.8 Å². The Morgan fingerprint density at radius 2 is 1.91 bits per heavy atom. The molecule has 2 bridgehead atoms. The van der Waals surface area contributed by atoms with E-state index in [1.165, 1.54) is 12.8 Å². The van der Waals surface area contributed by atoms with Crippen LogP contribution >= 0.6 is 0 Å². The van der Waals surface area contributed by atoms with E-state index in [9.17, 15) is 0 Å². The first-order chi connectivity index (χ1) is 15.8. The maximum absolute atomic E-state index is 6.12. The van der Waals surface area contributed by atoms with Gasteiger partial charge in [-0.3, -0.25) is 9.30 Å². The summed E-state index contributed by atoms with van der Waals surface area (Å²) in [4.78, 5) is 6.75. The minimum absolute atomic E-state index is 0.427. The number of ether oxygens (including phenoxy) is 3. The van der Waals surface area contributed by atoms with E-state index < -0.39 is 0 Å². The smallest absolute Gasteiger partial charge is 0.247 e. The second-order valence-corrected chi connectivity index (χ2v) is 8.11. The molecule has 0 radical (unpaired) electrons. The van der Waals surface area contributed by atoms with E-state index in [-0.39, 0.29) is 0 Å². The van der Waals surface area contributed by atoms with Gasteiger partial charge in [0.2, 0.25) is 18.2 Å². The Kier molecular flexibility index (Phi) is 4.97. The molecule has 9 nitrogen and oxygen atoms in total. The molecule has 0 spiro atoms. The molecule has 0 saturated carbocycles. The molecule has 2 aliphatic heterocycles. The van der Waals surface area contributed by atoms with Crippen LogP contribution in [0.1, 0.15) is 12.8 Å². The number of benzene rings is 1. The summed E-state index contributed by atoms with van der Waals surface area (Å²) in [6.07, 6.45) is 7.05. The lowest BCUT2D eigenvalue weighted by Crippen LogP contribution is -2.63. The molecular weight excluding hydrogens is 410 g/mol. The predicted octanol–water partition coefficient (Wildman–Crippen LogP) is 3.42. The number of aromatic nitrogens is 4. The molecule has 0 N–H and O–H groups in total. The molecular formula is C23H23N5O4. The van der Waals surface area contributed by atoms with E-state index >= 15 is 0 Å². The zero-order valence-corrected chi connectivity index (χ0v) is 17.5. The van der Waals surface area contributed by atoms with Gasteiger partial charge in [-0.25, -0.2) is 4.98 Å².